The number of hydrogen-bond donors (Lipinski definition) is 3. The number of amides is 1. The van der Waals surface area contributed by atoms with Crippen molar-refractivity contribution in [1.82, 2.24) is 10.6 Å². The van der Waals surface area contributed by atoms with Crippen LogP contribution in [0.2, 0.25) is 0 Å². The van der Waals surface area contributed by atoms with E-state index in [4.69, 9.17) is 0 Å². The van der Waals surface area contributed by atoms with Gasteiger partial charge >= 0.3 is 0 Å². The highest BCUT2D eigenvalue weighted by Crippen LogP contribution is 2.18. The molecule has 4 heteroatoms. The van der Waals surface area contributed by atoms with Gasteiger partial charge in [-0.3, -0.25) is 4.79 Å². The second-order valence-corrected chi connectivity index (χ2v) is 5.01. The van der Waals surface area contributed by atoms with E-state index in [1.807, 2.05) is 20.8 Å². The van der Waals surface area contributed by atoms with E-state index in [1.54, 1.807) is 0 Å². The summed E-state index contributed by atoms with van der Waals surface area (Å²) in [4.78, 5) is 11.7. The first-order valence-corrected chi connectivity index (χ1v) is 6.25. The lowest BCUT2D eigenvalue weighted by molar-refractivity contribution is -0.123. The molecule has 4 nitrogen and oxygen atoms in total. The summed E-state index contributed by atoms with van der Waals surface area (Å²) < 4.78 is 0. The normalized spacial score (nSPS) is 27.8. The molecule has 16 heavy (non-hydrogen) atoms. The van der Waals surface area contributed by atoms with E-state index in [9.17, 15) is 9.90 Å². The van der Waals surface area contributed by atoms with Crippen LogP contribution in [-0.2, 0) is 4.79 Å². The lowest BCUT2D eigenvalue weighted by atomic mass is 9.92. The fourth-order valence-corrected chi connectivity index (χ4v) is 2.11. The van der Waals surface area contributed by atoms with Gasteiger partial charge in [0.25, 0.3) is 0 Å². The third-order valence-corrected chi connectivity index (χ3v) is 3.02. The van der Waals surface area contributed by atoms with Crippen LogP contribution in [0.15, 0.2) is 0 Å². The molecule has 1 amide bonds. The predicted molar refractivity (Wildman–Crippen MR) is 64.1 cm³/mol. The molecule has 1 saturated carbocycles. The summed E-state index contributed by atoms with van der Waals surface area (Å²) in [6, 6.07) is -0.00478. The summed E-state index contributed by atoms with van der Waals surface area (Å²) in [5, 5.41) is 15.9. The lowest BCUT2D eigenvalue weighted by Crippen LogP contribution is -2.52. The molecule has 0 spiro atoms. The molecule has 1 rings (SSSR count). The van der Waals surface area contributed by atoms with Gasteiger partial charge in [0.15, 0.2) is 0 Å². The second kappa shape index (κ2) is 6.21. The van der Waals surface area contributed by atoms with Crippen molar-refractivity contribution in [2.45, 2.75) is 70.7 Å². The Morgan fingerprint density at radius 2 is 1.88 bits per heavy atom. The Hall–Kier alpha value is -0.610. The maximum atomic E-state index is 11.7. The van der Waals surface area contributed by atoms with Gasteiger partial charge in [0.05, 0.1) is 12.1 Å². The Bertz CT molecular complexity index is 231. The van der Waals surface area contributed by atoms with Crippen LogP contribution in [0.25, 0.3) is 0 Å². The van der Waals surface area contributed by atoms with Gasteiger partial charge in [-0.15, -0.1) is 0 Å². The number of hydrogen-bond acceptors (Lipinski definition) is 3. The van der Waals surface area contributed by atoms with Crippen LogP contribution in [0.4, 0.5) is 0 Å². The number of aliphatic hydroxyl groups excluding tert-OH is 1. The van der Waals surface area contributed by atoms with Crippen molar-refractivity contribution in [1.29, 1.82) is 0 Å². The minimum Gasteiger partial charge on any atom is -0.392 e. The quantitative estimate of drug-likeness (QED) is 0.667. The highest BCUT2D eigenvalue weighted by atomic mass is 16.3. The molecule has 0 heterocycles. The van der Waals surface area contributed by atoms with Crippen molar-refractivity contribution in [2.75, 3.05) is 0 Å². The van der Waals surface area contributed by atoms with Gasteiger partial charge < -0.3 is 15.7 Å². The van der Waals surface area contributed by atoms with Gasteiger partial charge in [0.2, 0.25) is 5.91 Å². The molecule has 0 aromatic rings. The SMILES string of the molecule is CC(C)NC(=O)C(C)N[C@H]1CCCC[C@@H]1O. The zero-order valence-corrected chi connectivity index (χ0v) is 10.5. The molecule has 1 fully saturated rings. The Morgan fingerprint density at radius 3 is 2.44 bits per heavy atom. The van der Waals surface area contributed by atoms with Crippen molar-refractivity contribution in [3.63, 3.8) is 0 Å². The second-order valence-electron chi connectivity index (χ2n) is 5.01. The smallest absolute Gasteiger partial charge is 0.237 e. The number of nitrogens with one attached hydrogen (secondary N) is 2. The Labute approximate surface area is 97.8 Å². The van der Waals surface area contributed by atoms with E-state index in [0.29, 0.717) is 0 Å². The molecule has 0 aromatic carbocycles. The maximum Gasteiger partial charge on any atom is 0.237 e. The molecule has 3 N–H and O–H groups in total. The van der Waals surface area contributed by atoms with Crippen molar-refractivity contribution >= 4 is 5.91 Å². The number of carbonyl (C=O) groups is 1. The molecule has 0 bridgehead atoms. The van der Waals surface area contributed by atoms with Gasteiger partial charge in [0, 0.05) is 12.1 Å². The Kier molecular flexibility index (Phi) is 5.22. The summed E-state index contributed by atoms with van der Waals surface area (Å²) in [6.07, 6.45) is 3.72. The number of rotatable bonds is 4. The molecule has 0 saturated heterocycles. The van der Waals surface area contributed by atoms with E-state index in [0.717, 1.165) is 25.7 Å². The van der Waals surface area contributed by atoms with E-state index in [1.165, 1.54) is 0 Å². The topological polar surface area (TPSA) is 61.4 Å². The highest BCUT2D eigenvalue weighted by molar-refractivity contribution is 5.81. The van der Waals surface area contributed by atoms with Crippen molar-refractivity contribution < 1.29 is 9.90 Å². The lowest BCUT2D eigenvalue weighted by Gasteiger charge is -2.30. The van der Waals surface area contributed by atoms with Crippen LogP contribution in [0.5, 0.6) is 0 Å². The first-order chi connectivity index (χ1) is 7.50. The summed E-state index contributed by atoms with van der Waals surface area (Å²) in [5.41, 5.74) is 0. The summed E-state index contributed by atoms with van der Waals surface area (Å²) in [7, 11) is 0. The first-order valence-electron chi connectivity index (χ1n) is 6.25. The van der Waals surface area contributed by atoms with Crippen LogP contribution < -0.4 is 10.6 Å². The molecule has 0 radical (unpaired) electrons. The van der Waals surface area contributed by atoms with E-state index < -0.39 is 0 Å². The largest absolute Gasteiger partial charge is 0.392 e. The van der Waals surface area contributed by atoms with E-state index in [2.05, 4.69) is 10.6 Å². The standard InChI is InChI=1S/C12H24N2O2/c1-8(2)13-12(16)9(3)14-10-6-4-5-7-11(10)15/h8-11,14-15H,4-7H2,1-3H3,(H,13,16)/t9?,10-,11-/m0/s1. The van der Waals surface area contributed by atoms with Crippen molar-refractivity contribution in [3.05, 3.63) is 0 Å². The zero-order chi connectivity index (χ0) is 12.1. The van der Waals surface area contributed by atoms with Crippen molar-refractivity contribution in [3.8, 4) is 0 Å². The molecule has 0 aliphatic heterocycles. The molecule has 1 aliphatic carbocycles. The minimum absolute atomic E-state index is 0.00720. The molecule has 1 unspecified atom stereocenters. The molecule has 0 aromatic heterocycles. The first kappa shape index (κ1) is 13.5. The summed E-state index contributed by atoms with van der Waals surface area (Å²) in [5.74, 6) is 0.00720. The van der Waals surface area contributed by atoms with Gasteiger partial charge in [-0.1, -0.05) is 12.8 Å². The van der Waals surface area contributed by atoms with Crippen LogP contribution in [0.1, 0.15) is 46.5 Å². The third-order valence-electron chi connectivity index (χ3n) is 3.02. The highest BCUT2D eigenvalue weighted by Gasteiger charge is 2.26. The van der Waals surface area contributed by atoms with Crippen LogP contribution in [0.3, 0.4) is 0 Å². The molecule has 1 aliphatic rings. The molecular weight excluding hydrogens is 204 g/mol. The predicted octanol–water partition coefficient (Wildman–Crippen LogP) is 0.793. The van der Waals surface area contributed by atoms with Crippen LogP contribution in [0, 0.1) is 0 Å². The van der Waals surface area contributed by atoms with Gasteiger partial charge in [-0.2, -0.15) is 0 Å². The third kappa shape index (κ3) is 4.10. The maximum absolute atomic E-state index is 11.7. The summed E-state index contributed by atoms with van der Waals surface area (Å²) in [6.45, 7) is 5.74. The average Bonchev–Trinajstić information content (AvgIpc) is 2.20. The van der Waals surface area contributed by atoms with Crippen LogP contribution in [-0.4, -0.2) is 35.2 Å². The summed E-state index contributed by atoms with van der Waals surface area (Å²) >= 11 is 0. The number of aliphatic hydroxyl groups is 1. The van der Waals surface area contributed by atoms with Crippen molar-refractivity contribution in [2.24, 2.45) is 0 Å². The monoisotopic (exact) mass is 228 g/mol. The van der Waals surface area contributed by atoms with E-state index >= 15 is 0 Å². The fourth-order valence-electron chi connectivity index (χ4n) is 2.11. The number of carbonyl (C=O) groups excluding carboxylic acids is 1. The van der Waals surface area contributed by atoms with Crippen LogP contribution >= 0.6 is 0 Å². The van der Waals surface area contributed by atoms with E-state index in [-0.39, 0.29) is 30.1 Å². The fraction of sp³-hybridized carbons (Fsp3) is 0.917. The van der Waals surface area contributed by atoms with Gasteiger partial charge in [0.1, 0.15) is 0 Å². The Morgan fingerprint density at radius 1 is 1.25 bits per heavy atom. The van der Waals surface area contributed by atoms with Gasteiger partial charge in [-0.25, -0.2) is 0 Å². The minimum atomic E-state index is -0.303. The molecular formula is C12H24N2O2. The Balaban J connectivity index is 2.37. The zero-order valence-electron chi connectivity index (χ0n) is 10.5. The molecule has 94 valence electrons. The molecule has 3 atom stereocenters. The average molecular weight is 228 g/mol. The van der Waals surface area contributed by atoms with Gasteiger partial charge in [-0.05, 0) is 33.6 Å².